The highest BCUT2D eigenvalue weighted by Gasteiger charge is 2.51. The summed E-state index contributed by atoms with van der Waals surface area (Å²) in [5.74, 6) is -1.82. The van der Waals surface area contributed by atoms with E-state index in [2.05, 4.69) is 25.9 Å². The molecule has 122 valence electrons. The number of hydrogen-bond donors (Lipinski definition) is 2. The number of para-hydroxylation sites is 1. The number of rotatable bonds is 3. The number of amides is 1. The van der Waals surface area contributed by atoms with Crippen LogP contribution in [0.25, 0.3) is 0 Å². The summed E-state index contributed by atoms with van der Waals surface area (Å²) < 4.78 is 44.7. The number of nitrogens with one attached hydrogen (secondary N) is 2. The molecule has 2 N–H and O–H groups in total. The molecule has 23 heavy (non-hydrogen) atoms. The first-order chi connectivity index (χ1) is 10.9. The average molecular weight is 327 g/mol. The lowest BCUT2D eigenvalue weighted by Gasteiger charge is -2.33. The predicted octanol–water partition coefficient (Wildman–Crippen LogP) is 0.998. The number of alkyl halides is 3. The highest BCUT2D eigenvalue weighted by Crippen LogP contribution is 2.38. The molecule has 0 saturated heterocycles. The van der Waals surface area contributed by atoms with Crippen LogP contribution in [-0.4, -0.2) is 38.8 Å². The Morgan fingerprint density at radius 2 is 2.17 bits per heavy atom. The van der Waals surface area contributed by atoms with Crippen molar-refractivity contribution in [2.45, 2.75) is 25.2 Å². The van der Waals surface area contributed by atoms with Gasteiger partial charge in [0.15, 0.2) is 5.82 Å². The third-order valence-corrected chi connectivity index (χ3v) is 3.50. The van der Waals surface area contributed by atoms with Crippen molar-refractivity contribution >= 4 is 5.91 Å². The van der Waals surface area contributed by atoms with Crippen molar-refractivity contribution in [2.24, 2.45) is 5.92 Å². The van der Waals surface area contributed by atoms with Crippen LogP contribution in [0.5, 0.6) is 5.75 Å². The Morgan fingerprint density at radius 3 is 2.87 bits per heavy atom. The van der Waals surface area contributed by atoms with Crippen molar-refractivity contribution in [3.8, 4) is 5.75 Å². The fourth-order valence-corrected chi connectivity index (χ4v) is 2.43. The Balaban J connectivity index is 1.78. The molecular formula is C13H12F3N5O2. The molecule has 1 aromatic heterocycles. The van der Waals surface area contributed by atoms with Crippen molar-refractivity contribution in [3.05, 3.63) is 35.7 Å². The third-order valence-electron chi connectivity index (χ3n) is 3.50. The Bertz CT molecular complexity index is 689. The van der Waals surface area contributed by atoms with Gasteiger partial charge in [-0.1, -0.05) is 23.4 Å². The molecule has 1 aliphatic heterocycles. The summed E-state index contributed by atoms with van der Waals surface area (Å²) in [7, 11) is 0. The number of H-pyrrole nitrogens is 1. The van der Waals surface area contributed by atoms with Gasteiger partial charge in [-0.3, -0.25) is 4.79 Å². The number of carbonyl (C=O) groups excluding carboxylic acids is 1. The largest absolute Gasteiger partial charge is 0.480 e. The van der Waals surface area contributed by atoms with Gasteiger partial charge in [-0.05, 0) is 18.1 Å². The highest BCUT2D eigenvalue weighted by atomic mass is 19.4. The smallest absolute Gasteiger partial charge is 0.426 e. The first kappa shape index (κ1) is 15.3. The SMILES string of the molecule is O=C(NCc1nn[nH]n1)[C@@H]1Cc2ccccc2O[C@H]1C(F)(F)F. The summed E-state index contributed by atoms with van der Waals surface area (Å²) >= 11 is 0. The number of benzene rings is 1. The summed E-state index contributed by atoms with van der Waals surface area (Å²) in [5.41, 5.74) is 0.563. The Kier molecular flexibility index (Phi) is 3.89. The average Bonchev–Trinajstić information content (AvgIpc) is 3.04. The predicted molar refractivity (Wildman–Crippen MR) is 70.1 cm³/mol. The molecule has 2 heterocycles. The van der Waals surface area contributed by atoms with E-state index in [1.165, 1.54) is 6.07 Å². The lowest BCUT2D eigenvalue weighted by Crippen LogP contribution is -2.50. The Hall–Kier alpha value is -2.65. The molecule has 0 spiro atoms. The first-order valence-corrected chi connectivity index (χ1v) is 6.76. The van der Waals surface area contributed by atoms with E-state index in [4.69, 9.17) is 4.74 Å². The van der Waals surface area contributed by atoms with Crippen molar-refractivity contribution in [2.75, 3.05) is 0 Å². The molecule has 0 aliphatic carbocycles. The van der Waals surface area contributed by atoms with Crippen molar-refractivity contribution in [3.63, 3.8) is 0 Å². The number of nitrogens with zero attached hydrogens (tertiary/aromatic N) is 3. The van der Waals surface area contributed by atoms with E-state index in [9.17, 15) is 18.0 Å². The number of tetrazole rings is 1. The van der Waals surface area contributed by atoms with Gasteiger partial charge in [0.1, 0.15) is 5.75 Å². The van der Waals surface area contributed by atoms with Gasteiger partial charge in [0.05, 0.1) is 12.5 Å². The zero-order valence-corrected chi connectivity index (χ0v) is 11.7. The second-order valence-electron chi connectivity index (χ2n) is 5.04. The number of hydrogen-bond acceptors (Lipinski definition) is 5. The van der Waals surface area contributed by atoms with E-state index in [-0.39, 0.29) is 24.5 Å². The standard InChI is InChI=1S/C13H12F3N5O2/c14-13(15,16)11-8(5-7-3-1-2-4-9(7)23-11)12(22)17-6-10-18-20-21-19-10/h1-4,8,11H,5-6H2,(H,17,22)(H,18,19,20,21)/t8-,11-/m1/s1. The summed E-state index contributed by atoms with van der Waals surface area (Å²) in [6.45, 7) is -0.113. The lowest BCUT2D eigenvalue weighted by molar-refractivity contribution is -0.213. The highest BCUT2D eigenvalue weighted by molar-refractivity contribution is 5.80. The second-order valence-corrected chi connectivity index (χ2v) is 5.04. The summed E-state index contributed by atoms with van der Waals surface area (Å²) in [4.78, 5) is 12.2. The van der Waals surface area contributed by atoms with E-state index in [1.54, 1.807) is 18.2 Å². The van der Waals surface area contributed by atoms with Crippen LogP contribution in [0.4, 0.5) is 13.2 Å². The van der Waals surface area contributed by atoms with Gasteiger partial charge < -0.3 is 10.1 Å². The van der Waals surface area contributed by atoms with Gasteiger partial charge in [-0.2, -0.15) is 18.4 Å². The molecule has 1 amide bonds. The minimum absolute atomic E-state index is 0.0571. The number of fused-ring (bicyclic) bond motifs is 1. The van der Waals surface area contributed by atoms with Crippen LogP contribution >= 0.6 is 0 Å². The maximum absolute atomic E-state index is 13.2. The number of ether oxygens (including phenoxy) is 1. The molecule has 10 heteroatoms. The van der Waals surface area contributed by atoms with Gasteiger partial charge in [0, 0.05) is 0 Å². The number of aromatic nitrogens is 4. The van der Waals surface area contributed by atoms with Crippen LogP contribution in [0.2, 0.25) is 0 Å². The molecule has 3 rings (SSSR count). The van der Waals surface area contributed by atoms with Gasteiger partial charge >= 0.3 is 6.18 Å². The molecule has 0 radical (unpaired) electrons. The van der Waals surface area contributed by atoms with Gasteiger partial charge in [-0.25, -0.2) is 0 Å². The van der Waals surface area contributed by atoms with Crippen LogP contribution in [0.3, 0.4) is 0 Å². The molecule has 0 saturated carbocycles. The van der Waals surface area contributed by atoms with Gasteiger partial charge in [0.25, 0.3) is 0 Å². The van der Waals surface area contributed by atoms with Crippen LogP contribution in [0, 0.1) is 5.92 Å². The quantitative estimate of drug-likeness (QED) is 0.877. The molecule has 2 aromatic rings. The molecule has 1 aliphatic rings. The molecule has 1 aromatic carbocycles. The molecule has 7 nitrogen and oxygen atoms in total. The van der Waals surface area contributed by atoms with E-state index in [1.807, 2.05) is 0 Å². The second kappa shape index (κ2) is 5.86. The summed E-state index contributed by atoms with van der Waals surface area (Å²) in [6, 6.07) is 6.37. The molecule has 0 unspecified atom stereocenters. The topological polar surface area (TPSA) is 92.8 Å². The molecule has 0 fully saturated rings. The number of aromatic amines is 1. The molecule has 0 bridgehead atoms. The third kappa shape index (κ3) is 3.25. The minimum atomic E-state index is -4.65. The minimum Gasteiger partial charge on any atom is -0.480 e. The fourth-order valence-electron chi connectivity index (χ4n) is 2.43. The summed E-state index contributed by atoms with van der Waals surface area (Å²) in [5, 5.41) is 15.1. The van der Waals surface area contributed by atoms with Crippen LogP contribution in [0.15, 0.2) is 24.3 Å². The Morgan fingerprint density at radius 1 is 1.39 bits per heavy atom. The zero-order valence-electron chi connectivity index (χ0n) is 11.7. The summed E-state index contributed by atoms with van der Waals surface area (Å²) in [6.07, 6.45) is -6.90. The van der Waals surface area contributed by atoms with E-state index in [0.717, 1.165) is 0 Å². The van der Waals surface area contributed by atoms with Crippen LogP contribution in [-0.2, 0) is 17.8 Å². The monoisotopic (exact) mass is 327 g/mol. The maximum Gasteiger partial charge on any atom is 0.426 e. The van der Waals surface area contributed by atoms with Gasteiger partial charge in [0.2, 0.25) is 12.0 Å². The normalized spacial score (nSPS) is 20.5. The van der Waals surface area contributed by atoms with E-state index < -0.39 is 24.1 Å². The van der Waals surface area contributed by atoms with E-state index >= 15 is 0 Å². The van der Waals surface area contributed by atoms with Crippen LogP contribution in [0.1, 0.15) is 11.4 Å². The number of halogens is 3. The molecular weight excluding hydrogens is 315 g/mol. The maximum atomic E-state index is 13.2. The number of carbonyl (C=O) groups is 1. The van der Waals surface area contributed by atoms with Crippen molar-refractivity contribution in [1.82, 2.24) is 25.9 Å². The van der Waals surface area contributed by atoms with Gasteiger partial charge in [-0.15, -0.1) is 10.2 Å². The Labute approximate surface area is 128 Å². The van der Waals surface area contributed by atoms with Crippen LogP contribution < -0.4 is 10.1 Å². The van der Waals surface area contributed by atoms with Crippen molar-refractivity contribution in [1.29, 1.82) is 0 Å². The van der Waals surface area contributed by atoms with Crippen molar-refractivity contribution < 1.29 is 22.7 Å². The lowest BCUT2D eigenvalue weighted by atomic mass is 9.89. The van der Waals surface area contributed by atoms with E-state index in [0.29, 0.717) is 5.56 Å². The first-order valence-electron chi connectivity index (χ1n) is 6.76. The molecule has 2 atom stereocenters. The zero-order chi connectivity index (χ0) is 16.4. The fraction of sp³-hybridized carbons (Fsp3) is 0.385.